The van der Waals surface area contributed by atoms with Crippen LogP contribution in [0.25, 0.3) is 0 Å². The van der Waals surface area contributed by atoms with Gasteiger partial charge in [-0.05, 0) is 30.7 Å². The molecule has 2 rings (SSSR count). The van der Waals surface area contributed by atoms with Crippen molar-refractivity contribution >= 4 is 18.2 Å². The zero-order valence-electron chi connectivity index (χ0n) is 14.3. The highest BCUT2D eigenvalue weighted by Gasteiger charge is 2.41. The molecular weight excluding hydrogens is 310 g/mol. The molecule has 1 aliphatic rings. The van der Waals surface area contributed by atoms with Gasteiger partial charge in [0.25, 0.3) is 0 Å². The second-order valence-electron chi connectivity index (χ2n) is 6.97. The molecule has 1 saturated carbocycles. The zero-order valence-corrected chi connectivity index (χ0v) is 15.1. The molecule has 0 bridgehead atoms. The van der Waals surface area contributed by atoms with Crippen LogP contribution in [0.2, 0.25) is 0 Å². The Morgan fingerprint density at radius 3 is 2.35 bits per heavy atom. The minimum atomic E-state index is -0.313. The highest BCUT2D eigenvalue weighted by Crippen LogP contribution is 2.41. The maximum absolute atomic E-state index is 12.9. The Morgan fingerprint density at radius 1 is 1.22 bits per heavy atom. The molecule has 1 aromatic rings. The maximum Gasteiger partial charge on any atom is 0.157 e. The first-order valence-corrected chi connectivity index (χ1v) is 8.51. The van der Waals surface area contributed by atoms with Crippen LogP contribution in [-0.4, -0.2) is 30.1 Å². The van der Waals surface area contributed by atoms with Gasteiger partial charge in [-0.1, -0.05) is 57.0 Å². The van der Waals surface area contributed by atoms with Crippen molar-refractivity contribution in [3.8, 4) is 0 Å². The van der Waals surface area contributed by atoms with Crippen LogP contribution in [0.1, 0.15) is 51.5 Å². The number of carbonyl (C=O) groups excluding carboxylic acids is 1. The van der Waals surface area contributed by atoms with Gasteiger partial charge in [0.2, 0.25) is 0 Å². The summed E-state index contributed by atoms with van der Waals surface area (Å²) in [5.74, 6) is 0.785. The Bertz CT molecular complexity index is 470. The quantitative estimate of drug-likeness (QED) is 0.762. The molecule has 1 unspecified atom stereocenters. The number of halogens is 1. The molecule has 0 heterocycles. The van der Waals surface area contributed by atoms with Crippen molar-refractivity contribution in [3.63, 3.8) is 0 Å². The van der Waals surface area contributed by atoms with E-state index in [4.69, 9.17) is 0 Å². The van der Waals surface area contributed by atoms with E-state index >= 15 is 0 Å². The summed E-state index contributed by atoms with van der Waals surface area (Å²) in [4.78, 5) is 12.9. The summed E-state index contributed by atoms with van der Waals surface area (Å²) in [6.45, 7) is 4.71. The van der Waals surface area contributed by atoms with E-state index in [1.54, 1.807) is 0 Å². The number of hydrogen-bond donors (Lipinski definition) is 2. The minimum absolute atomic E-state index is 0. The first kappa shape index (κ1) is 20.1. The van der Waals surface area contributed by atoms with Crippen LogP contribution in [0, 0.1) is 5.92 Å². The standard InChI is InChI=1S/C19H29NO2.ClH/c1-15(2)12-17(14-21)20-13-18(22)19(10-6-7-11-19)16-8-4-3-5-9-16;/h3-5,8-9,15,17,20-21H,6-7,10-14H2,1-2H3;1H. The average Bonchev–Trinajstić information content (AvgIpc) is 3.02. The lowest BCUT2D eigenvalue weighted by Crippen LogP contribution is -2.44. The molecule has 1 aromatic carbocycles. The van der Waals surface area contributed by atoms with Gasteiger partial charge in [0.05, 0.1) is 18.6 Å². The van der Waals surface area contributed by atoms with E-state index in [-0.39, 0.29) is 36.3 Å². The van der Waals surface area contributed by atoms with Crippen molar-refractivity contribution in [1.29, 1.82) is 0 Å². The van der Waals surface area contributed by atoms with Crippen molar-refractivity contribution in [1.82, 2.24) is 5.32 Å². The SMILES string of the molecule is CC(C)CC(CO)NCC(=O)C1(c2ccccc2)CCCC1.Cl. The number of aliphatic hydroxyl groups is 1. The fourth-order valence-corrected chi connectivity index (χ4v) is 3.66. The molecule has 0 saturated heterocycles. The van der Waals surface area contributed by atoms with Gasteiger partial charge in [-0.15, -0.1) is 12.4 Å². The Hall–Kier alpha value is -0.900. The smallest absolute Gasteiger partial charge is 0.157 e. The van der Waals surface area contributed by atoms with E-state index < -0.39 is 0 Å². The van der Waals surface area contributed by atoms with E-state index in [1.807, 2.05) is 18.2 Å². The number of hydrogen-bond acceptors (Lipinski definition) is 3. The molecule has 4 heteroatoms. The molecule has 0 aromatic heterocycles. The lowest BCUT2D eigenvalue weighted by molar-refractivity contribution is -0.123. The number of ketones is 1. The number of Topliss-reactive ketones (excluding diaryl/α,β-unsaturated/α-hetero) is 1. The molecule has 23 heavy (non-hydrogen) atoms. The number of carbonyl (C=O) groups is 1. The lowest BCUT2D eigenvalue weighted by Gasteiger charge is -2.29. The predicted octanol–water partition coefficient (Wildman–Crippen LogP) is 3.49. The first-order valence-electron chi connectivity index (χ1n) is 8.51. The molecular formula is C19H30ClNO2. The second kappa shape index (κ2) is 9.41. The number of nitrogens with one attached hydrogen (secondary N) is 1. The summed E-state index contributed by atoms with van der Waals surface area (Å²) in [6.07, 6.45) is 5.03. The predicted molar refractivity (Wildman–Crippen MR) is 97.2 cm³/mol. The van der Waals surface area contributed by atoms with Crippen LogP contribution in [0.15, 0.2) is 30.3 Å². The number of benzene rings is 1. The lowest BCUT2D eigenvalue weighted by atomic mass is 9.75. The first-order chi connectivity index (χ1) is 10.6. The molecule has 130 valence electrons. The molecule has 1 atom stereocenters. The van der Waals surface area contributed by atoms with Gasteiger partial charge in [-0.3, -0.25) is 4.79 Å². The van der Waals surface area contributed by atoms with E-state index in [2.05, 4.69) is 31.3 Å². The summed E-state index contributed by atoms with van der Waals surface area (Å²) in [6, 6.07) is 10.2. The summed E-state index contributed by atoms with van der Waals surface area (Å²) < 4.78 is 0. The summed E-state index contributed by atoms with van der Waals surface area (Å²) in [7, 11) is 0. The van der Waals surface area contributed by atoms with Crippen molar-refractivity contribution in [2.45, 2.75) is 57.4 Å². The van der Waals surface area contributed by atoms with Gasteiger partial charge in [0.1, 0.15) is 0 Å². The normalized spacial score (nSPS) is 17.7. The van der Waals surface area contributed by atoms with Crippen molar-refractivity contribution in [2.24, 2.45) is 5.92 Å². The van der Waals surface area contributed by atoms with Gasteiger partial charge in [-0.2, -0.15) is 0 Å². The summed E-state index contributed by atoms with van der Waals surface area (Å²) in [5.41, 5.74) is 0.843. The Kier molecular flexibility index (Phi) is 8.24. The van der Waals surface area contributed by atoms with Crippen molar-refractivity contribution in [3.05, 3.63) is 35.9 Å². The molecule has 0 spiro atoms. The molecule has 3 nitrogen and oxygen atoms in total. The van der Waals surface area contributed by atoms with Gasteiger partial charge < -0.3 is 10.4 Å². The third kappa shape index (κ3) is 5.03. The fourth-order valence-electron chi connectivity index (χ4n) is 3.66. The second-order valence-corrected chi connectivity index (χ2v) is 6.97. The van der Waals surface area contributed by atoms with Gasteiger partial charge in [0, 0.05) is 6.04 Å². The van der Waals surface area contributed by atoms with Gasteiger partial charge >= 0.3 is 0 Å². The molecule has 1 fully saturated rings. The number of rotatable bonds is 8. The molecule has 1 aliphatic carbocycles. The molecule has 0 radical (unpaired) electrons. The van der Waals surface area contributed by atoms with Crippen LogP contribution in [0.3, 0.4) is 0 Å². The van der Waals surface area contributed by atoms with Crippen molar-refractivity contribution < 1.29 is 9.90 Å². The highest BCUT2D eigenvalue weighted by atomic mass is 35.5. The van der Waals surface area contributed by atoms with Crippen LogP contribution in [0.4, 0.5) is 0 Å². The molecule has 2 N–H and O–H groups in total. The fraction of sp³-hybridized carbons (Fsp3) is 0.632. The van der Waals surface area contributed by atoms with E-state index in [1.165, 1.54) is 0 Å². The molecule has 0 amide bonds. The summed E-state index contributed by atoms with van der Waals surface area (Å²) in [5, 5.41) is 12.7. The van der Waals surface area contributed by atoms with Crippen molar-refractivity contribution in [2.75, 3.05) is 13.2 Å². The van der Waals surface area contributed by atoms with Gasteiger partial charge in [0.15, 0.2) is 5.78 Å². The van der Waals surface area contributed by atoms with Crippen LogP contribution < -0.4 is 5.32 Å². The third-order valence-corrected chi connectivity index (χ3v) is 4.84. The average molecular weight is 340 g/mol. The highest BCUT2D eigenvalue weighted by molar-refractivity contribution is 5.92. The number of aliphatic hydroxyl groups excluding tert-OH is 1. The van der Waals surface area contributed by atoms with E-state index in [9.17, 15) is 9.90 Å². The molecule has 0 aliphatic heterocycles. The van der Waals surface area contributed by atoms with E-state index in [0.29, 0.717) is 12.5 Å². The maximum atomic E-state index is 12.9. The summed E-state index contributed by atoms with van der Waals surface area (Å²) >= 11 is 0. The minimum Gasteiger partial charge on any atom is -0.395 e. The van der Waals surface area contributed by atoms with E-state index in [0.717, 1.165) is 37.7 Å². The largest absolute Gasteiger partial charge is 0.395 e. The van der Waals surface area contributed by atoms with Crippen LogP contribution in [0.5, 0.6) is 0 Å². The van der Waals surface area contributed by atoms with Crippen LogP contribution in [-0.2, 0) is 10.2 Å². The van der Waals surface area contributed by atoms with Crippen LogP contribution >= 0.6 is 12.4 Å². The topological polar surface area (TPSA) is 49.3 Å². The zero-order chi connectivity index (χ0) is 16.0. The Morgan fingerprint density at radius 2 is 1.83 bits per heavy atom. The third-order valence-electron chi connectivity index (χ3n) is 4.84. The van der Waals surface area contributed by atoms with Gasteiger partial charge in [-0.25, -0.2) is 0 Å². The Labute approximate surface area is 146 Å². The Balaban J connectivity index is 0.00000264. The monoisotopic (exact) mass is 339 g/mol.